The van der Waals surface area contributed by atoms with Crippen molar-refractivity contribution in [2.24, 2.45) is 0 Å². The van der Waals surface area contributed by atoms with Crippen molar-refractivity contribution in [2.75, 3.05) is 0 Å². The average Bonchev–Trinajstić information content (AvgIpc) is 2.18. The second-order valence-corrected chi connectivity index (χ2v) is 3.38. The first-order valence-electron chi connectivity index (χ1n) is 4.32. The van der Waals surface area contributed by atoms with Crippen LogP contribution in [0.2, 0.25) is 5.02 Å². The van der Waals surface area contributed by atoms with Crippen molar-refractivity contribution in [2.45, 2.75) is 18.8 Å². The van der Waals surface area contributed by atoms with E-state index >= 15 is 0 Å². The van der Waals surface area contributed by atoms with Gasteiger partial charge >= 0.3 is 18.8 Å². The SMILES string of the molecule is FC(OC(F)(F)F)C(F)(F)Oc1ccccc1Cl. The number of rotatable bonds is 4. The van der Waals surface area contributed by atoms with Crippen LogP contribution in [0.5, 0.6) is 5.75 Å². The Morgan fingerprint density at radius 1 is 1.06 bits per heavy atom. The molecule has 0 aliphatic rings. The second kappa shape index (κ2) is 5.23. The molecule has 2 nitrogen and oxygen atoms in total. The highest BCUT2D eigenvalue weighted by atomic mass is 35.5. The van der Waals surface area contributed by atoms with Gasteiger partial charge in [0.25, 0.3) is 0 Å². The van der Waals surface area contributed by atoms with Crippen molar-refractivity contribution in [1.29, 1.82) is 0 Å². The molecule has 0 saturated carbocycles. The number of alkyl halides is 6. The Balaban J connectivity index is 2.78. The van der Waals surface area contributed by atoms with E-state index in [1.165, 1.54) is 12.1 Å². The monoisotopic (exact) mass is 294 g/mol. The van der Waals surface area contributed by atoms with Crippen LogP contribution in [0.4, 0.5) is 26.3 Å². The second-order valence-electron chi connectivity index (χ2n) is 2.97. The maximum atomic E-state index is 12.9. The lowest BCUT2D eigenvalue weighted by molar-refractivity contribution is -0.411. The van der Waals surface area contributed by atoms with Gasteiger partial charge in [0.1, 0.15) is 5.75 Å². The summed E-state index contributed by atoms with van der Waals surface area (Å²) in [6.07, 6.45) is -14.4. The van der Waals surface area contributed by atoms with Crippen LogP contribution in [0.3, 0.4) is 0 Å². The summed E-state index contributed by atoms with van der Waals surface area (Å²) in [6.45, 7) is 0. The van der Waals surface area contributed by atoms with Crippen molar-refractivity contribution >= 4 is 11.6 Å². The summed E-state index contributed by atoms with van der Waals surface area (Å²) >= 11 is 5.42. The summed E-state index contributed by atoms with van der Waals surface area (Å²) < 4.78 is 79.5. The topological polar surface area (TPSA) is 18.5 Å². The van der Waals surface area contributed by atoms with Crippen molar-refractivity contribution < 1.29 is 35.8 Å². The van der Waals surface area contributed by atoms with Gasteiger partial charge in [-0.05, 0) is 12.1 Å². The summed E-state index contributed by atoms with van der Waals surface area (Å²) in [5, 5.41) is -0.309. The van der Waals surface area contributed by atoms with E-state index in [4.69, 9.17) is 11.6 Å². The van der Waals surface area contributed by atoms with Gasteiger partial charge in [0.15, 0.2) is 0 Å². The maximum Gasteiger partial charge on any atom is 0.525 e. The van der Waals surface area contributed by atoms with E-state index < -0.39 is 24.6 Å². The van der Waals surface area contributed by atoms with Crippen molar-refractivity contribution in [3.8, 4) is 5.75 Å². The van der Waals surface area contributed by atoms with Gasteiger partial charge in [-0.15, -0.1) is 13.2 Å². The van der Waals surface area contributed by atoms with E-state index in [2.05, 4.69) is 9.47 Å². The maximum absolute atomic E-state index is 12.9. The number of hydrogen-bond donors (Lipinski definition) is 0. The third-order valence-corrected chi connectivity index (χ3v) is 1.90. The van der Waals surface area contributed by atoms with E-state index in [1.807, 2.05) is 0 Å². The minimum absolute atomic E-state index is 0.309. The quantitative estimate of drug-likeness (QED) is 0.777. The molecular weight excluding hydrogens is 290 g/mol. The van der Waals surface area contributed by atoms with Crippen LogP contribution in [-0.2, 0) is 4.74 Å². The largest absolute Gasteiger partial charge is 0.525 e. The molecule has 0 spiro atoms. The molecule has 0 N–H and O–H groups in total. The molecule has 0 aromatic heterocycles. The summed E-state index contributed by atoms with van der Waals surface area (Å²) in [7, 11) is 0. The molecule has 0 fully saturated rings. The molecule has 0 radical (unpaired) electrons. The lowest BCUT2D eigenvalue weighted by atomic mass is 10.3. The van der Waals surface area contributed by atoms with E-state index in [-0.39, 0.29) is 5.02 Å². The Hall–Kier alpha value is -1.15. The standard InChI is InChI=1S/C9H5ClF6O2/c10-5-3-1-2-4-6(5)17-8(12,13)7(11)18-9(14,15)16/h1-4,7H. The molecule has 0 bridgehead atoms. The van der Waals surface area contributed by atoms with E-state index in [9.17, 15) is 26.3 Å². The van der Waals surface area contributed by atoms with Crippen molar-refractivity contribution in [3.63, 3.8) is 0 Å². The van der Waals surface area contributed by atoms with Gasteiger partial charge in [-0.1, -0.05) is 23.7 Å². The first-order chi connectivity index (χ1) is 8.12. The number of hydrogen-bond acceptors (Lipinski definition) is 2. The number of para-hydroxylation sites is 1. The lowest BCUT2D eigenvalue weighted by Crippen LogP contribution is -2.41. The Morgan fingerprint density at radius 2 is 1.61 bits per heavy atom. The minimum atomic E-state index is -5.55. The van der Waals surface area contributed by atoms with Crippen LogP contribution >= 0.6 is 11.6 Å². The first kappa shape index (κ1) is 14.9. The molecular formula is C9H5ClF6O2. The highest BCUT2D eigenvalue weighted by molar-refractivity contribution is 6.32. The van der Waals surface area contributed by atoms with E-state index in [0.29, 0.717) is 0 Å². The fraction of sp³-hybridized carbons (Fsp3) is 0.333. The van der Waals surface area contributed by atoms with Gasteiger partial charge in [0.2, 0.25) is 0 Å². The van der Waals surface area contributed by atoms with E-state index in [1.54, 1.807) is 0 Å². The first-order valence-corrected chi connectivity index (χ1v) is 4.69. The molecule has 1 atom stereocenters. The predicted octanol–water partition coefficient (Wildman–Crippen LogP) is 4.14. The van der Waals surface area contributed by atoms with Gasteiger partial charge in [0.05, 0.1) is 5.02 Å². The molecule has 0 heterocycles. The van der Waals surface area contributed by atoms with Gasteiger partial charge in [0, 0.05) is 0 Å². The Morgan fingerprint density at radius 3 is 2.11 bits per heavy atom. The molecule has 1 aromatic carbocycles. The smallest absolute Gasteiger partial charge is 0.427 e. The highest BCUT2D eigenvalue weighted by Crippen LogP contribution is 2.34. The zero-order valence-electron chi connectivity index (χ0n) is 8.35. The fourth-order valence-electron chi connectivity index (χ4n) is 0.906. The average molecular weight is 295 g/mol. The van der Waals surface area contributed by atoms with Gasteiger partial charge < -0.3 is 4.74 Å². The minimum Gasteiger partial charge on any atom is -0.427 e. The number of halogens is 7. The molecule has 1 rings (SSSR count). The molecule has 1 unspecified atom stereocenters. The third kappa shape index (κ3) is 4.26. The van der Waals surface area contributed by atoms with E-state index in [0.717, 1.165) is 12.1 Å². The zero-order chi connectivity index (χ0) is 14.0. The number of ether oxygens (including phenoxy) is 2. The molecule has 0 aliphatic heterocycles. The predicted molar refractivity (Wildman–Crippen MR) is 49.1 cm³/mol. The third-order valence-electron chi connectivity index (χ3n) is 1.58. The molecule has 102 valence electrons. The van der Waals surface area contributed by atoms with Crippen LogP contribution in [0.25, 0.3) is 0 Å². The van der Waals surface area contributed by atoms with Crippen molar-refractivity contribution in [1.82, 2.24) is 0 Å². The summed E-state index contributed by atoms with van der Waals surface area (Å²) in [5.74, 6) is -0.669. The van der Waals surface area contributed by atoms with Crippen LogP contribution in [0, 0.1) is 0 Å². The molecule has 0 saturated heterocycles. The van der Waals surface area contributed by atoms with Gasteiger partial charge in [-0.2, -0.15) is 8.78 Å². The highest BCUT2D eigenvalue weighted by Gasteiger charge is 2.50. The molecule has 1 aromatic rings. The molecule has 0 aliphatic carbocycles. The normalized spacial score (nSPS) is 14.4. The Bertz CT molecular complexity index is 408. The number of benzene rings is 1. The van der Waals surface area contributed by atoms with Crippen LogP contribution < -0.4 is 4.74 Å². The van der Waals surface area contributed by atoms with Crippen LogP contribution in [-0.4, -0.2) is 18.8 Å². The van der Waals surface area contributed by atoms with Gasteiger partial charge in [-0.25, -0.2) is 9.13 Å². The molecule has 18 heavy (non-hydrogen) atoms. The summed E-state index contributed by atoms with van der Waals surface area (Å²) in [6, 6.07) is 4.68. The Labute approximate surface area is 102 Å². The molecule has 0 amide bonds. The fourth-order valence-corrected chi connectivity index (χ4v) is 1.08. The van der Waals surface area contributed by atoms with Gasteiger partial charge in [-0.3, -0.25) is 0 Å². The zero-order valence-corrected chi connectivity index (χ0v) is 9.10. The lowest BCUT2D eigenvalue weighted by Gasteiger charge is -2.22. The van der Waals surface area contributed by atoms with Crippen LogP contribution in [0.15, 0.2) is 24.3 Å². The summed E-state index contributed by atoms with van der Waals surface area (Å²) in [4.78, 5) is 0. The molecule has 9 heteroatoms. The van der Waals surface area contributed by atoms with Crippen LogP contribution in [0.1, 0.15) is 0 Å². The van der Waals surface area contributed by atoms with Crippen molar-refractivity contribution in [3.05, 3.63) is 29.3 Å². The Kier molecular flexibility index (Phi) is 4.33. The summed E-state index contributed by atoms with van der Waals surface area (Å²) in [5.41, 5.74) is 0.